The van der Waals surface area contributed by atoms with Gasteiger partial charge in [-0.1, -0.05) is 23.7 Å². The Morgan fingerprint density at radius 1 is 1.04 bits per heavy atom. The van der Waals surface area contributed by atoms with Crippen molar-refractivity contribution in [2.24, 2.45) is 0 Å². The zero-order valence-corrected chi connectivity index (χ0v) is 13.7. The lowest BCUT2D eigenvalue weighted by Crippen LogP contribution is -2.12. The highest BCUT2D eigenvalue weighted by atomic mass is 35.5. The van der Waals surface area contributed by atoms with E-state index in [0.29, 0.717) is 0 Å². The van der Waals surface area contributed by atoms with Gasteiger partial charge in [0.1, 0.15) is 11.6 Å². The van der Waals surface area contributed by atoms with Gasteiger partial charge < -0.3 is 9.73 Å². The monoisotopic (exact) mass is 383 g/mol. The van der Waals surface area contributed by atoms with Crippen LogP contribution in [0.5, 0.6) is 0 Å². The van der Waals surface area contributed by atoms with Crippen molar-refractivity contribution >= 4 is 23.2 Å². The van der Waals surface area contributed by atoms with Crippen molar-refractivity contribution in [1.82, 2.24) is 0 Å². The maximum atomic E-state index is 13.7. The fourth-order valence-corrected chi connectivity index (χ4v) is 2.57. The average molecular weight is 384 g/mol. The topological polar surface area (TPSA) is 42.2 Å². The van der Waals surface area contributed by atoms with Gasteiger partial charge in [-0.2, -0.15) is 13.2 Å². The molecule has 1 aromatic heterocycles. The molecule has 1 heterocycles. The minimum absolute atomic E-state index is 0.0665. The molecule has 134 valence electrons. The Morgan fingerprint density at radius 2 is 1.77 bits per heavy atom. The second kappa shape index (κ2) is 6.84. The number of furan rings is 1. The number of benzene rings is 2. The zero-order valence-electron chi connectivity index (χ0n) is 12.9. The Labute approximate surface area is 150 Å². The number of hydrogen-bond acceptors (Lipinski definition) is 2. The molecular formula is C18H10ClF4NO2. The SMILES string of the molecule is O=C(Nc1ccc(C(F)(F)F)c(Cl)c1)c1ccc(-c2ccccc2F)o1. The van der Waals surface area contributed by atoms with Crippen LogP contribution in [-0.2, 0) is 6.18 Å². The first-order chi connectivity index (χ1) is 12.3. The highest BCUT2D eigenvalue weighted by Gasteiger charge is 2.33. The Morgan fingerprint density at radius 3 is 2.42 bits per heavy atom. The van der Waals surface area contributed by atoms with E-state index < -0.39 is 28.5 Å². The molecule has 3 nitrogen and oxygen atoms in total. The van der Waals surface area contributed by atoms with Crippen molar-refractivity contribution in [2.75, 3.05) is 5.32 Å². The molecule has 0 saturated heterocycles. The number of amides is 1. The van der Waals surface area contributed by atoms with Crippen molar-refractivity contribution in [2.45, 2.75) is 6.18 Å². The first-order valence-electron chi connectivity index (χ1n) is 7.28. The third-order valence-electron chi connectivity index (χ3n) is 3.50. The van der Waals surface area contributed by atoms with E-state index in [4.69, 9.17) is 16.0 Å². The van der Waals surface area contributed by atoms with E-state index in [0.717, 1.165) is 18.2 Å². The summed E-state index contributed by atoms with van der Waals surface area (Å²) in [5.74, 6) is -1.19. The second-order valence-corrected chi connectivity index (χ2v) is 5.70. The predicted molar refractivity (Wildman–Crippen MR) is 88.5 cm³/mol. The van der Waals surface area contributed by atoms with Crippen molar-refractivity contribution in [3.05, 3.63) is 76.8 Å². The molecule has 3 aromatic rings. The highest BCUT2D eigenvalue weighted by molar-refractivity contribution is 6.31. The fourth-order valence-electron chi connectivity index (χ4n) is 2.28. The van der Waals surface area contributed by atoms with Gasteiger partial charge in [-0.3, -0.25) is 4.79 Å². The number of nitrogens with one attached hydrogen (secondary N) is 1. The largest absolute Gasteiger partial charge is 0.451 e. The predicted octanol–water partition coefficient (Wildman–Crippen LogP) is 6.01. The molecule has 0 atom stereocenters. The highest BCUT2D eigenvalue weighted by Crippen LogP contribution is 2.36. The average Bonchev–Trinajstić information content (AvgIpc) is 3.04. The molecule has 0 unspecified atom stereocenters. The summed E-state index contributed by atoms with van der Waals surface area (Å²) < 4.78 is 57.1. The molecular weight excluding hydrogens is 374 g/mol. The first kappa shape index (κ1) is 18.0. The van der Waals surface area contributed by atoms with Gasteiger partial charge in [0.15, 0.2) is 5.76 Å². The molecule has 8 heteroatoms. The van der Waals surface area contributed by atoms with Crippen LogP contribution in [0.25, 0.3) is 11.3 Å². The van der Waals surface area contributed by atoms with Gasteiger partial charge in [0.05, 0.1) is 16.1 Å². The maximum Gasteiger partial charge on any atom is 0.417 e. The molecule has 26 heavy (non-hydrogen) atoms. The molecule has 0 radical (unpaired) electrons. The van der Waals surface area contributed by atoms with Crippen molar-refractivity contribution < 1.29 is 26.8 Å². The van der Waals surface area contributed by atoms with E-state index in [2.05, 4.69) is 5.32 Å². The summed E-state index contributed by atoms with van der Waals surface area (Å²) in [6.07, 6.45) is -4.59. The van der Waals surface area contributed by atoms with Crippen LogP contribution >= 0.6 is 11.6 Å². The van der Waals surface area contributed by atoms with Crippen molar-refractivity contribution in [3.8, 4) is 11.3 Å². The Kier molecular flexibility index (Phi) is 4.73. The summed E-state index contributed by atoms with van der Waals surface area (Å²) in [5, 5.41) is 1.84. The number of carbonyl (C=O) groups is 1. The summed E-state index contributed by atoms with van der Waals surface area (Å²) in [6, 6.07) is 11.5. The van der Waals surface area contributed by atoms with Crippen LogP contribution in [0, 0.1) is 5.82 Å². The van der Waals surface area contributed by atoms with E-state index in [9.17, 15) is 22.4 Å². The molecule has 1 amide bonds. The quantitative estimate of drug-likeness (QED) is 0.563. The number of anilines is 1. The van der Waals surface area contributed by atoms with Crippen LogP contribution in [0.2, 0.25) is 5.02 Å². The fraction of sp³-hybridized carbons (Fsp3) is 0.0556. The van der Waals surface area contributed by atoms with Gasteiger partial charge in [0.25, 0.3) is 5.91 Å². The third-order valence-corrected chi connectivity index (χ3v) is 3.81. The van der Waals surface area contributed by atoms with E-state index >= 15 is 0 Å². The second-order valence-electron chi connectivity index (χ2n) is 5.29. The van der Waals surface area contributed by atoms with Gasteiger partial charge >= 0.3 is 6.18 Å². The molecule has 3 rings (SSSR count). The maximum absolute atomic E-state index is 13.7. The van der Waals surface area contributed by atoms with Crippen LogP contribution in [0.15, 0.2) is 59.0 Å². The van der Waals surface area contributed by atoms with Gasteiger partial charge in [0, 0.05) is 5.69 Å². The first-order valence-corrected chi connectivity index (χ1v) is 7.66. The van der Waals surface area contributed by atoms with E-state index in [-0.39, 0.29) is 22.8 Å². The number of hydrogen-bond donors (Lipinski definition) is 1. The summed E-state index contributed by atoms with van der Waals surface area (Å²) in [4.78, 5) is 12.2. The van der Waals surface area contributed by atoms with E-state index in [1.54, 1.807) is 6.07 Å². The summed E-state index contributed by atoms with van der Waals surface area (Å²) in [7, 11) is 0. The molecule has 0 aliphatic rings. The molecule has 2 aromatic carbocycles. The van der Waals surface area contributed by atoms with Gasteiger partial charge in [-0.15, -0.1) is 0 Å². The lowest BCUT2D eigenvalue weighted by Gasteiger charge is -2.10. The van der Waals surface area contributed by atoms with Gasteiger partial charge in [-0.25, -0.2) is 4.39 Å². The number of alkyl halides is 3. The number of carbonyl (C=O) groups excluding carboxylic acids is 1. The van der Waals surface area contributed by atoms with Crippen LogP contribution in [0.3, 0.4) is 0 Å². The zero-order chi connectivity index (χ0) is 18.9. The minimum Gasteiger partial charge on any atom is -0.451 e. The minimum atomic E-state index is -4.59. The Hall–Kier alpha value is -2.80. The molecule has 0 bridgehead atoms. The Balaban J connectivity index is 1.79. The number of rotatable bonds is 3. The van der Waals surface area contributed by atoms with Crippen LogP contribution in [-0.4, -0.2) is 5.91 Å². The van der Waals surface area contributed by atoms with Gasteiger partial charge in [-0.05, 0) is 42.5 Å². The van der Waals surface area contributed by atoms with Crippen molar-refractivity contribution in [1.29, 1.82) is 0 Å². The van der Waals surface area contributed by atoms with E-state index in [1.807, 2.05) is 0 Å². The molecule has 0 saturated carbocycles. The molecule has 0 aliphatic carbocycles. The van der Waals surface area contributed by atoms with Crippen molar-refractivity contribution in [3.63, 3.8) is 0 Å². The van der Waals surface area contributed by atoms with Crippen LogP contribution < -0.4 is 5.32 Å². The van der Waals surface area contributed by atoms with Crippen LogP contribution in [0.4, 0.5) is 23.2 Å². The molecule has 1 N–H and O–H groups in total. The molecule has 0 spiro atoms. The summed E-state index contributed by atoms with van der Waals surface area (Å²) in [5.41, 5.74) is -0.752. The lowest BCUT2D eigenvalue weighted by atomic mass is 10.1. The smallest absolute Gasteiger partial charge is 0.417 e. The summed E-state index contributed by atoms with van der Waals surface area (Å²) in [6.45, 7) is 0. The normalized spacial score (nSPS) is 11.4. The van der Waals surface area contributed by atoms with Gasteiger partial charge in [0.2, 0.25) is 0 Å². The molecule has 0 fully saturated rings. The lowest BCUT2D eigenvalue weighted by molar-refractivity contribution is -0.137. The standard InChI is InChI=1S/C18H10ClF4NO2/c19-13-9-10(5-6-12(13)18(21,22)23)24-17(25)16-8-7-15(26-16)11-3-1-2-4-14(11)20/h1-9H,(H,24,25). The van der Waals surface area contributed by atoms with Crippen LogP contribution in [0.1, 0.15) is 16.1 Å². The third kappa shape index (κ3) is 3.72. The molecule has 0 aliphatic heterocycles. The Bertz CT molecular complexity index is 966. The summed E-state index contributed by atoms with van der Waals surface area (Å²) >= 11 is 5.61. The number of halogens is 5. The van der Waals surface area contributed by atoms with E-state index in [1.165, 1.54) is 30.3 Å².